The summed E-state index contributed by atoms with van der Waals surface area (Å²) >= 11 is 0. The Bertz CT molecular complexity index is 799. The minimum atomic E-state index is 0.144. The van der Waals surface area contributed by atoms with Crippen LogP contribution < -0.4 is 0 Å². The summed E-state index contributed by atoms with van der Waals surface area (Å²) < 4.78 is 2.31. The molecule has 0 N–H and O–H groups in total. The first-order valence-corrected chi connectivity index (χ1v) is 10.7. The van der Waals surface area contributed by atoms with Crippen LogP contribution in [0.1, 0.15) is 66.1 Å². The highest BCUT2D eigenvalue weighted by Crippen LogP contribution is 2.28. The first-order valence-electron chi connectivity index (χ1n) is 10.7. The third-order valence-corrected chi connectivity index (χ3v) is 6.18. The van der Waals surface area contributed by atoms with Gasteiger partial charge in [0, 0.05) is 31.1 Å². The van der Waals surface area contributed by atoms with Crippen molar-refractivity contribution in [3.8, 4) is 0 Å². The van der Waals surface area contributed by atoms with Gasteiger partial charge >= 0.3 is 0 Å². The molecule has 2 aliphatic heterocycles. The zero-order chi connectivity index (χ0) is 19.5. The lowest BCUT2D eigenvalue weighted by Crippen LogP contribution is -2.38. The molecule has 2 aromatic rings. The quantitative estimate of drug-likeness (QED) is 0.798. The average molecular weight is 382 g/mol. The van der Waals surface area contributed by atoms with Crippen LogP contribution >= 0.6 is 0 Å². The van der Waals surface area contributed by atoms with Crippen LogP contribution in [-0.4, -0.2) is 56.7 Å². The van der Waals surface area contributed by atoms with Crippen LogP contribution in [-0.2, 0) is 13.1 Å². The molecule has 1 aromatic carbocycles. The predicted octanol–water partition coefficient (Wildman–Crippen LogP) is 3.22. The Labute approximate surface area is 167 Å². The third-order valence-electron chi connectivity index (χ3n) is 6.18. The maximum absolute atomic E-state index is 12.8. The molecule has 2 aliphatic rings. The second-order valence-electron chi connectivity index (χ2n) is 8.13. The van der Waals surface area contributed by atoms with E-state index >= 15 is 0 Å². The summed E-state index contributed by atoms with van der Waals surface area (Å²) in [5.74, 6) is 2.74. The van der Waals surface area contributed by atoms with Crippen LogP contribution in [0.3, 0.4) is 0 Å². The zero-order valence-electron chi connectivity index (χ0n) is 17.1. The monoisotopic (exact) mass is 381 g/mol. The van der Waals surface area contributed by atoms with Crippen LogP contribution in [0.2, 0.25) is 0 Å². The van der Waals surface area contributed by atoms with Crippen molar-refractivity contribution in [2.45, 2.75) is 58.5 Å². The van der Waals surface area contributed by atoms with Gasteiger partial charge in [0.25, 0.3) is 5.91 Å². The molecule has 0 saturated carbocycles. The van der Waals surface area contributed by atoms with E-state index in [1.807, 2.05) is 36.1 Å². The summed E-state index contributed by atoms with van der Waals surface area (Å²) in [7, 11) is 0. The highest BCUT2D eigenvalue weighted by atomic mass is 16.2. The Morgan fingerprint density at radius 3 is 2.36 bits per heavy atom. The first-order chi connectivity index (χ1) is 13.7. The molecule has 4 rings (SSSR count). The van der Waals surface area contributed by atoms with E-state index in [9.17, 15) is 4.79 Å². The Hall–Kier alpha value is -2.21. The van der Waals surface area contributed by atoms with E-state index < -0.39 is 0 Å². The minimum absolute atomic E-state index is 0.144. The number of carbonyl (C=O) groups is 1. The Kier molecular flexibility index (Phi) is 5.76. The van der Waals surface area contributed by atoms with Crippen LogP contribution in [0.5, 0.6) is 0 Å². The van der Waals surface area contributed by atoms with E-state index in [4.69, 9.17) is 0 Å². The van der Waals surface area contributed by atoms with Gasteiger partial charge in [-0.3, -0.25) is 9.69 Å². The number of likely N-dealkylation sites (tertiary alicyclic amines) is 2. The largest absolute Gasteiger partial charge is 0.339 e. The number of benzene rings is 1. The molecule has 1 aromatic heterocycles. The number of carbonyl (C=O) groups excluding carboxylic acids is 1. The Balaban J connectivity index is 1.40. The Morgan fingerprint density at radius 2 is 1.71 bits per heavy atom. The number of hydrogen-bond acceptors (Lipinski definition) is 4. The first kappa shape index (κ1) is 19.1. The molecule has 2 fully saturated rings. The van der Waals surface area contributed by atoms with Crippen LogP contribution in [0.4, 0.5) is 0 Å². The zero-order valence-corrected chi connectivity index (χ0v) is 17.1. The summed E-state index contributed by atoms with van der Waals surface area (Å²) in [6.07, 6.45) is 4.50. The molecule has 0 bridgehead atoms. The Morgan fingerprint density at radius 1 is 1.04 bits per heavy atom. The molecule has 1 amide bonds. The van der Waals surface area contributed by atoms with Crippen LogP contribution in [0.25, 0.3) is 0 Å². The minimum Gasteiger partial charge on any atom is -0.339 e. The topological polar surface area (TPSA) is 54.3 Å². The van der Waals surface area contributed by atoms with Crippen molar-refractivity contribution in [1.82, 2.24) is 24.6 Å². The maximum atomic E-state index is 12.8. The molecule has 0 spiro atoms. The van der Waals surface area contributed by atoms with Gasteiger partial charge in [-0.2, -0.15) is 0 Å². The van der Waals surface area contributed by atoms with E-state index in [0.29, 0.717) is 5.92 Å². The van der Waals surface area contributed by atoms with Crippen molar-refractivity contribution in [1.29, 1.82) is 0 Å². The summed E-state index contributed by atoms with van der Waals surface area (Å²) in [5.41, 5.74) is 1.97. The highest BCUT2D eigenvalue weighted by Gasteiger charge is 2.28. The molecular formula is C22H31N5O. The van der Waals surface area contributed by atoms with E-state index in [-0.39, 0.29) is 5.91 Å². The molecule has 150 valence electrons. The van der Waals surface area contributed by atoms with Gasteiger partial charge in [0.2, 0.25) is 0 Å². The number of aryl methyl sites for hydroxylation is 1. The number of nitrogens with zero attached hydrogens (tertiary/aromatic N) is 5. The molecule has 6 heteroatoms. The number of aromatic nitrogens is 3. The average Bonchev–Trinajstić information content (AvgIpc) is 3.38. The van der Waals surface area contributed by atoms with Gasteiger partial charge in [-0.15, -0.1) is 10.2 Å². The smallest absolute Gasteiger partial charge is 0.253 e. The lowest BCUT2D eigenvalue weighted by molar-refractivity contribution is 0.0710. The van der Waals surface area contributed by atoms with Crippen molar-refractivity contribution >= 4 is 5.91 Å². The normalized spacial score (nSPS) is 18.7. The fourth-order valence-electron chi connectivity index (χ4n) is 4.47. The van der Waals surface area contributed by atoms with E-state index in [1.54, 1.807) is 0 Å². The van der Waals surface area contributed by atoms with Crippen molar-refractivity contribution < 1.29 is 4.79 Å². The van der Waals surface area contributed by atoms with Gasteiger partial charge in [-0.25, -0.2) is 0 Å². The number of hydrogen-bond donors (Lipinski definition) is 0. The lowest BCUT2D eigenvalue weighted by atomic mass is 9.95. The van der Waals surface area contributed by atoms with Gasteiger partial charge in [0.05, 0.1) is 6.54 Å². The number of piperidine rings is 1. The van der Waals surface area contributed by atoms with E-state index in [1.165, 1.54) is 31.5 Å². The summed E-state index contributed by atoms with van der Waals surface area (Å²) in [4.78, 5) is 17.2. The van der Waals surface area contributed by atoms with Gasteiger partial charge in [-0.1, -0.05) is 17.7 Å². The summed E-state index contributed by atoms with van der Waals surface area (Å²) in [5, 5.41) is 9.10. The van der Waals surface area contributed by atoms with Crippen molar-refractivity contribution in [3.63, 3.8) is 0 Å². The van der Waals surface area contributed by atoms with Crippen molar-refractivity contribution in [2.24, 2.45) is 0 Å². The third kappa shape index (κ3) is 3.97. The molecule has 0 unspecified atom stereocenters. The van der Waals surface area contributed by atoms with Gasteiger partial charge in [0.15, 0.2) is 0 Å². The summed E-state index contributed by atoms with van der Waals surface area (Å²) in [6.45, 7) is 9.96. The maximum Gasteiger partial charge on any atom is 0.253 e. The SMILES string of the molecule is CCn1c(CN2CCCC2)nnc1C1CCN(C(=O)c2ccc(C)cc2)CC1. The second-order valence-corrected chi connectivity index (χ2v) is 8.13. The molecule has 2 saturated heterocycles. The van der Waals surface area contributed by atoms with E-state index in [0.717, 1.165) is 56.2 Å². The molecule has 28 heavy (non-hydrogen) atoms. The number of rotatable bonds is 5. The molecule has 6 nitrogen and oxygen atoms in total. The van der Waals surface area contributed by atoms with E-state index in [2.05, 4.69) is 26.6 Å². The molecule has 0 aliphatic carbocycles. The van der Waals surface area contributed by atoms with Crippen molar-refractivity contribution in [2.75, 3.05) is 26.2 Å². The molecule has 3 heterocycles. The van der Waals surface area contributed by atoms with Gasteiger partial charge in [0.1, 0.15) is 11.6 Å². The molecule has 0 atom stereocenters. The summed E-state index contributed by atoms with van der Waals surface area (Å²) in [6, 6.07) is 7.88. The second kappa shape index (κ2) is 8.43. The molecule has 0 radical (unpaired) electrons. The van der Waals surface area contributed by atoms with Gasteiger partial charge in [-0.05, 0) is 64.8 Å². The number of amides is 1. The fourth-order valence-corrected chi connectivity index (χ4v) is 4.47. The van der Waals surface area contributed by atoms with Crippen LogP contribution in [0, 0.1) is 6.92 Å². The van der Waals surface area contributed by atoms with Crippen molar-refractivity contribution in [3.05, 3.63) is 47.0 Å². The predicted molar refractivity (Wildman–Crippen MR) is 109 cm³/mol. The highest BCUT2D eigenvalue weighted by molar-refractivity contribution is 5.94. The lowest BCUT2D eigenvalue weighted by Gasteiger charge is -2.32. The standard InChI is InChI=1S/C22H31N5O/c1-3-27-20(16-25-12-4-5-13-25)23-24-21(27)18-10-14-26(15-11-18)22(28)19-8-6-17(2)7-9-19/h6-9,18H,3-5,10-16H2,1-2H3. The molecular weight excluding hydrogens is 350 g/mol. The fraction of sp³-hybridized carbons (Fsp3) is 0.591. The van der Waals surface area contributed by atoms with Gasteiger partial charge < -0.3 is 9.47 Å². The van der Waals surface area contributed by atoms with Crippen LogP contribution in [0.15, 0.2) is 24.3 Å².